The number of carbonyl (C=O) groups is 2. The smallest absolute Gasteiger partial charge is 0.305 e. The Morgan fingerprint density at radius 2 is 1.17 bits per heavy atom. The Hall–Kier alpha value is -0.860. The Balaban J connectivity index is 3.86. The van der Waals surface area contributed by atoms with Crippen molar-refractivity contribution in [2.45, 2.75) is 142 Å². The van der Waals surface area contributed by atoms with E-state index in [0.717, 1.165) is 38.4 Å². The summed E-state index contributed by atoms with van der Waals surface area (Å²) in [6.45, 7) is 5.14. The average Bonchev–Trinajstić information content (AvgIpc) is 2.73. The molecule has 29 heavy (non-hydrogen) atoms. The molecular formula is C26H50O3. The third-order valence-electron chi connectivity index (χ3n) is 5.86. The van der Waals surface area contributed by atoms with E-state index in [1.807, 2.05) is 0 Å². The highest BCUT2D eigenvalue weighted by Gasteiger charge is 2.12. The van der Waals surface area contributed by atoms with Gasteiger partial charge in [0.2, 0.25) is 0 Å². The summed E-state index contributed by atoms with van der Waals surface area (Å²) in [7, 11) is 0. The number of aldehydes is 1. The third kappa shape index (κ3) is 21.7. The van der Waals surface area contributed by atoms with E-state index in [1.54, 1.807) is 0 Å². The Morgan fingerprint density at radius 3 is 1.76 bits per heavy atom. The lowest BCUT2D eigenvalue weighted by molar-refractivity contribution is -0.145. The number of hydrogen-bond donors (Lipinski definition) is 0. The first-order valence-corrected chi connectivity index (χ1v) is 12.8. The van der Waals surface area contributed by atoms with E-state index < -0.39 is 0 Å². The fourth-order valence-electron chi connectivity index (χ4n) is 3.87. The van der Waals surface area contributed by atoms with E-state index in [0.29, 0.717) is 25.4 Å². The van der Waals surface area contributed by atoms with Crippen molar-refractivity contribution >= 4 is 12.3 Å². The molecule has 1 atom stereocenters. The van der Waals surface area contributed by atoms with Gasteiger partial charge in [-0.25, -0.2) is 0 Å². The van der Waals surface area contributed by atoms with Crippen molar-refractivity contribution in [3.63, 3.8) is 0 Å². The maximum Gasteiger partial charge on any atom is 0.305 e. The van der Waals surface area contributed by atoms with Crippen LogP contribution in [-0.2, 0) is 14.3 Å². The van der Waals surface area contributed by atoms with E-state index in [2.05, 4.69) is 13.8 Å². The minimum absolute atomic E-state index is 0.00698. The van der Waals surface area contributed by atoms with Gasteiger partial charge in [0.05, 0.1) is 6.61 Å². The zero-order chi connectivity index (χ0) is 21.4. The molecule has 0 spiro atoms. The van der Waals surface area contributed by atoms with Crippen molar-refractivity contribution in [3.05, 3.63) is 0 Å². The minimum Gasteiger partial charge on any atom is -0.465 e. The summed E-state index contributed by atoms with van der Waals surface area (Å²) in [5.74, 6) is 0.548. The minimum atomic E-state index is -0.00698. The van der Waals surface area contributed by atoms with Crippen molar-refractivity contribution in [3.8, 4) is 0 Å². The van der Waals surface area contributed by atoms with E-state index in [9.17, 15) is 9.59 Å². The molecule has 172 valence electrons. The molecule has 1 unspecified atom stereocenters. The molecule has 0 amide bonds. The van der Waals surface area contributed by atoms with Gasteiger partial charge in [0, 0.05) is 12.8 Å². The Labute approximate surface area is 181 Å². The van der Waals surface area contributed by atoms with Gasteiger partial charge in [0.15, 0.2) is 0 Å². The van der Waals surface area contributed by atoms with Crippen LogP contribution in [0.3, 0.4) is 0 Å². The predicted molar refractivity (Wildman–Crippen MR) is 124 cm³/mol. The second-order valence-corrected chi connectivity index (χ2v) is 8.78. The van der Waals surface area contributed by atoms with Crippen LogP contribution in [0.4, 0.5) is 0 Å². The SMILES string of the molecule is CCCCCCCCC(CCCCCC)COC(=O)CCCCCCCCC=O. The Morgan fingerprint density at radius 1 is 0.690 bits per heavy atom. The van der Waals surface area contributed by atoms with Gasteiger partial charge in [-0.05, 0) is 31.6 Å². The molecule has 0 rings (SSSR count). The van der Waals surface area contributed by atoms with Crippen molar-refractivity contribution < 1.29 is 14.3 Å². The number of hydrogen-bond acceptors (Lipinski definition) is 3. The molecule has 0 aliphatic rings. The fourth-order valence-corrected chi connectivity index (χ4v) is 3.87. The van der Waals surface area contributed by atoms with E-state index >= 15 is 0 Å². The maximum atomic E-state index is 12.1. The lowest BCUT2D eigenvalue weighted by Crippen LogP contribution is -2.14. The highest BCUT2D eigenvalue weighted by Crippen LogP contribution is 2.20. The molecule has 0 aromatic carbocycles. The van der Waals surface area contributed by atoms with Crippen molar-refractivity contribution in [1.29, 1.82) is 0 Å². The van der Waals surface area contributed by atoms with Crippen molar-refractivity contribution in [2.24, 2.45) is 5.92 Å². The first-order chi connectivity index (χ1) is 14.2. The van der Waals surface area contributed by atoms with Crippen LogP contribution in [0.25, 0.3) is 0 Å². The monoisotopic (exact) mass is 410 g/mol. The third-order valence-corrected chi connectivity index (χ3v) is 5.86. The molecule has 0 saturated heterocycles. The highest BCUT2D eigenvalue weighted by molar-refractivity contribution is 5.69. The molecule has 0 aliphatic heterocycles. The van der Waals surface area contributed by atoms with Crippen LogP contribution < -0.4 is 0 Å². The molecule has 0 N–H and O–H groups in total. The van der Waals surface area contributed by atoms with Gasteiger partial charge < -0.3 is 9.53 Å². The quantitative estimate of drug-likeness (QED) is 0.0968. The summed E-state index contributed by atoms with van der Waals surface area (Å²) in [5, 5.41) is 0. The fraction of sp³-hybridized carbons (Fsp3) is 0.923. The average molecular weight is 411 g/mol. The predicted octanol–water partition coefficient (Wildman–Crippen LogP) is 8.19. The number of unbranched alkanes of at least 4 members (excludes halogenated alkanes) is 14. The molecule has 3 nitrogen and oxygen atoms in total. The molecule has 0 heterocycles. The molecule has 0 aromatic heterocycles. The zero-order valence-electron chi connectivity index (χ0n) is 19.7. The van der Waals surface area contributed by atoms with Crippen LogP contribution in [0.1, 0.15) is 142 Å². The van der Waals surface area contributed by atoms with Gasteiger partial charge in [-0.2, -0.15) is 0 Å². The second-order valence-electron chi connectivity index (χ2n) is 8.78. The lowest BCUT2D eigenvalue weighted by atomic mass is 9.95. The molecule has 0 bridgehead atoms. The summed E-state index contributed by atoms with van der Waals surface area (Å²) < 4.78 is 5.64. The Bertz CT molecular complexity index is 354. The summed E-state index contributed by atoms with van der Waals surface area (Å²) in [4.78, 5) is 22.4. The Kier molecular flexibility index (Phi) is 22.7. The maximum absolute atomic E-state index is 12.1. The van der Waals surface area contributed by atoms with Crippen molar-refractivity contribution in [2.75, 3.05) is 6.61 Å². The van der Waals surface area contributed by atoms with Crippen LogP contribution >= 0.6 is 0 Å². The van der Waals surface area contributed by atoms with Gasteiger partial charge in [-0.15, -0.1) is 0 Å². The molecule has 0 radical (unpaired) electrons. The molecule has 0 aliphatic carbocycles. The van der Waals surface area contributed by atoms with Crippen LogP contribution in [-0.4, -0.2) is 18.9 Å². The van der Waals surface area contributed by atoms with E-state index in [1.165, 1.54) is 83.5 Å². The van der Waals surface area contributed by atoms with E-state index in [-0.39, 0.29) is 5.97 Å². The summed E-state index contributed by atoms with van der Waals surface area (Å²) >= 11 is 0. The normalized spacial score (nSPS) is 12.1. The van der Waals surface area contributed by atoms with Crippen molar-refractivity contribution in [1.82, 2.24) is 0 Å². The number of esters is 1. The van der Waals surface area contributed by atoms with Crippen LogP contribution in [0.5, 0.6) is 0 Å². The van der Waals surface area contributed by atoms with Crippen LogP contribution in [0, 0.1) is 5.92 Å². The standard InChI is InChI=1S/C26H50O3/c1-3-5-7-9-13-17-21-25(20-16-8-6-4-2)24-29-26(28)22-18-14-11-10-12-15-19-23-27/h23,25H,3-22,24H2,1-2H3. The molecule has 3 heteroatoms. The van der Waals surface area contributed by atoms with Crippen LogP contribution in [0.2, 0.25) is 0 Å². The molecular weight excluding hydrogens is 360 g/mol. The van der Waals surface area contributed by atoms with E-state index in [4.69, 9.17) is 4.74 Å². The van der Waals surface area contributed by atoms with Gasteiger partial charge >= 0.3 is 5.97 Å². The van der Waals surface area contributed by atoms with Gasteiger partial charge in [-0.3, -0.25) is 4.79 Å². The lowest BCUT2D eigenvalue weighted by Gasteiger charge is -2.17. The van der Waals surface area contributed by atoms with Crippen LogP contribution in [0.15, 0.2) is 0 Å². The topological polar surface area (TPSA) is 43.4 Å². The summed E-state index contributed by atoms with van der Waals surface area (Å²) in [6, 6.07) is 0. The number of carbonyl (C=O) groups excluding carboxylic acids is 2. The van der Waals surface area contributed by atoms with Gasteiger partial charge in [-0.1, -0.05) is 104 Å². The largest absolute Gasteiger partial charge is 0.465 e. The first-order valence-electron chi connectivity index (χ1n) is 12.8. The zero-order valence-corrected chi connectivity index (χ0v) is 19.7. The first kappa shape index (κ1) is 28.1. The highest BCUT2D eigenvalue weighted by atomic mass is 16.5. The molecule has 0 aromatic rings. The number of ether oxygens (including phenoxy) is 1. The van der Waals surface area contributed by atoms with Gasteiger partial charge in [0.1, 0.15) is 6.29 Å². The second kappa shape index (κ2) is 23.4. The van der Waals surface area contributed by atoms with Gasteiger partial charge in [0.25, 0.3) is 0 Å². The summed E-state index contributed by atoms with van der Waals surface area (Å²) in [5.41, 5.74) is 0. The number of rotatable bonds is 23. The summed E-state index contributed by atoms with van der Waals surface area (Å²) in [6.07, 6.45) is 24.3. The molecule has 0 saturated carbocycles. The molecule has 0 fully saturated rings.